The molecule has 0 bridgehead atoms. The lowest BCUT2D eigenvalue weighted by Crippen LogP contribution is -2.11. The van der Waals surface area contributed by atoms with Crippen LogP contribution >= 0.6 is 15.9 Å². The number of halogens is 1. The molecule has 1 unspecified atom stereocenters. The van der Waals surface area contributed by atoms with E-state index in [1.54, 1.807) is 13.8 Å². The monoisotopic (exact) mass is 336 g/mol. The van der Waals surface area contributed by atoms with Gasteiger partial charge in [-0.2, -0.15) is 0 Å². The highest BCUT2D eigenvalue weighted by molar-refractivity contribution is 9.10. The molecular weight excluding hydrogens is 320 g/mol. The van der Waals surface area contributed by atoms with Crippen molar-refractivity contribution in [2.24, 2.45) is 0 Å². The summed E-state index contributed by atoms with van der Waals surface area (Å²) in [6.07, 6.45) is 0.315. The first-order chi connectivity index (χ1) is 9.52. The smallest absolute Gasteiger partial charge is 0.337 e. The van der Waals surface area contributed by atoms with E-state index in [1.165, 1.54) is 0 Å². The molecule has 0 saturated heterocycles. The van der Waals surface area contributed by atoms with E-state index in [2.05, 4.69) is 22.5 Å². The van der Waals surface area contributed by atoms with Crippen molar-refractivity contribution in [3.63, 3.8) is 0 Å². The minimum atomic E-state index is -0.295. The molecule has 2 rings (SSSR count). The molecule has 1 atom stereocenters. The number of benzene rings is 1. The summed E-state index contributed by atoms with van der Waals surface area (Å²) in [5, 5.41) is 0. The number of carbonyl (C=O) groups is 1. The molecule has 0 spiro atoms. The number of hydrogen-bond donors (Lipinski definition) is 0. The van der Waals surface area contributed by atoms with Crippen molar-refractivity contribution in [3.05, 3.63) is 52.2 Å². The van der Waals surface area contributed by atoms with Crippen molar-refractivity contribution in [3.8, 4) is 0 Å². The van der Waals surface area contributed by atoms with E-state index in [0.29, 0.717) is 24.4 Å². The predicted octanol–water partition coefficient (Wildman–Crippen LogP) is 4.09. The number of allylic oxidation sites excluding steroid dienone is 1. The molecule has 0 aromatic heterocycles. The Balaban J connectivity index is 2.09. The van der Waals surface area contributed by atoms with Crippen LogP contribution in [0, 0.1) is 0 Å². The average molecular weight is 337 g/mol. The van der Waals surface area contributed by atoms with Crippen LogP contribution in [0.25, 0.3) is 5.57 Å². The summed E-state index contributed by atoms with van der Waals surface area (Å²) in [5.74, 6) is 0.336. The Morgan fingerprint density at radius 3 is 2.70 bits per heavy atom. The topological polar surface area (TPSA) is 35.5 Å². The van der Waals surface area contributed by atoms with Gasteiger partial charge in [-0.1, -0.05) is 34.6 Å². The Labute approximate surface area is 127 Å². The Bertz CT molecular complexity index is 558. The van der Waals surface area contributed by atoms with E-state index in [4.69, 9.17) is 9.47 Å². The third kappa shape index (κ3) is 3.12. The van der Waals surface area contributed by atoms with Gasteiger partial charge in [0.05, 0.1) is 12.2 Å². The summed E-state index contributed by atoms with van der Waals surface area (Å²) in [4.78, 5) is 11.8. The lowest BCUT2D eigenvalue weighted by molar-refractivity contribution is -0.138. The zero-order valence-corrected chi connectivity index (χ0v) is 13.2. The lowest BCUT2D eigenvalue weighted by Gasteiger charge is -2.15. The molecule has 1 aliphatic heterocycles. The predicted molar refractivity (Wildman–Crippen MR) is 82.0 cm³/mol. The van der Waals surface area contributed by atoms with Crippen LogP contribution in [0.4, 0.5) is 0 Å². The average Bonchev–Trinajstić information content (AvgIpc) is 2.81. The molecule has 1 aromatic carbocycles. The van der Waals surface area contributed by atoms with Gasteiger partial charge in [-0.25, -0.2) is 4.79 Å². The van der Waals surface area contributed by atoms with Crippen molar-refractivity contribution in [1.29, 1.82) is 0 Å². The second-order valence-electron chi connectivity index (χ2n) is 4.60. The molecular formula is C16H17BrO3. The molecule has 3 nitrogen and oxygen atoms in total. The molecule has 4 heteroatoms. The van der Waals surface area contributed by atoms with Gasteiger partial charge >= 0.3 is 5.97 Å². The molecule has 0 fully saturated rings. The Kier molecular flexibility index (Phi) is 4.65. The molecule has 0 radical (unpaired) electrons. The Morgan fingerprint density at radius 1 is 1.45 bits per heavy atom. The van der Waals surface area contributed by atoms with E-state index in [-0.39, 0.29) is 12.1 Å². The standard InChI is InChI=1S/C16H17BrO3/c1-4-19-16(18)14-9-15(20-11(14)3)10(2)12-5-7-13(17)8-6-12/h5-8,15H,2,4,9H2,1,3H3. The highest BCUT2D eigenvalue weighted by Gasteiger charge is 2.30. The molecule has 1 heterocycles. The van der Waals surface area contributed by atoms with E-state index < -0.39 is 0 Å². The fourth-order valence-electron chi connectivity index (χ4n) is 2.14. The summed E-state index contributed by atoms with van der Waals surface area (Å²) in [6, 6.07) is 7.88. The maximum atomic E-state index is 11.8. The van der Waals surface area contributed by atoms with Crippen molar-refractivity contribution < 1.29 is 14.3 Å². The lowest BCUT2D eigenvalue weighted by atomic mass is 9.98. The van der Waals surface area contributed by atoms with E-state index in [1.807, 2.05) is 24.3 Å². The number of rotatable bonds is 4. The van der Waals surface area contributed by atoms with Gasteiger partial charge in [-0.15, -0.1) is 0 Å². The van der Waals surface area contributed by atoms with Crippen molar-refractivity contribution >= 4 is 27.5 Å². The van der Waals surface area contributed by atoms with Crippen LogP contribution in [0.3, 0.4) is 0 Å². The summed E-state index contributed by atoms with van der Waals surface area (Å²) in [6.45, 7) is 8.05. The quantitative estimate of drug-likeness (QED) is 0.777. The first kappa shape index (κ1) is 14.9. The van der Waals surface area contributed by atoms with Gasteiger partial charge in [0.1, 0.15) is 11.9 Å². The molecule has 1 aromatic rings. The maximum Gasteiger partial charge on any atom is 0.337 e. The highest BCUT2D eigenvalue weighted by atomic mass is 79.9. The van der Waals surface area contributed by atoms with Crippen molar-refractivity contribution in [2.45, 2.75) is 26.4 Å². The molecule has 20 heavy (non-hydrogen) atoms. The largest absolute Gasteiger partial charge is 0.489 e. The number of hydrogen-bond acceptors (Lipinski definition) is 3. The van der Waals surface area contributed by atoms with Crippen molar-refractivity contribution in [2.75, 3.05) is 6.61 Å². The molecule has 0 amide bonds. The van der Waals surface area contributed by atoms with E-state index in [0.717, 1.165) is 15.6 Å². The van der Waals surface area contributed by atoms with Crippen LogP contribution in [0.5, 0.6) is 0 Å². The van der Waals surface area contributed by atoms with Gasteiger partial charge in [-0.05, 0) is 37.1 Å². The fourth-order valence-corrected chi connectivity index (χ4v) is 2.41. The van der Waals surface area contributed by atoms with Crippen LogP contribution in [-0.2, 0) is 14.3 Å². The zero-order valence-electron chi connectivity index (χ0n) is 11.6. The van der Waals surface area contributed by atoms with Gasteiger partial charge in [0.2, 0.25) is 0 Å². The second kappa shape index (κ2) is 6.27. The highest BCUT2D eigenvalue weighted by Crippen LogP contribution is 2.33. The zero-order chi connectivity index (χ0) is 14.7. The molecule has 0 aliphatic carbocycles. The van der Waals surface area contributed by atoms with Gasteiger partial charge in [0.15, 0.2) is 0 Å². The summed E-state index contributed by atoms with van der Waals surface area (Å²) >= 11 is 3.40. The third-order valence-electron chi connectivity index (χ3n) is 3.26. The van der Waals surface area contributed by atoms with Crippen molar-refractivity contribution in [1.82, 2.24) is 0 Å². The Morgan fingerprint density at radius 2 is 2.10 bits per heavy atom. The molecule has 0 N–H and O–H groups in total. The first-order valence-electron chi connectivity index (χ1n) is 6.51. The summed E-state index contributed by atoms with van der Waals surface area (Å²) in [7, 11) is 0. The molecule has 0 saturated carbocycles. The minimum Gasteiger partial charge on any atom is -0.489 e. The van der Waals surface area contributed by atoms with Gasteiger partial charge in [0, 0.05) is 10.9 Å². The Hall–Kier alpha value is -1.55. The first-order valence-corrected chi connectivity index (χ1v) is 7.30. The summed E-state index contributed by atoms with van der Waals surface area (Å²) in [5.41, 5.74) is 2.49. The number of ether oxygens (including phenoxy) is 2. The van der Waals surface area contributed by atoms with Crippen LogP contribution in [0.1, 0.15) is 25.8 Å². The summed E-state index contributed by atoms with van der Waals surface area (Å²) < 4.78 is 11.8. The van der Waals surface area contributed by atoms with Gasteiger partial charge < -0.3 is 9.47 Å². The second-order valence-corrected chi connectivity index (χ2v) is 5.51. The SMILES string of the molecule is C=C(c1ccc(Br)cc1)C1CC(C(=O)OCC)=C(C)O1. The van der Waals surface area contributed by atoms with Crippen LogP contribution in [0.15, 0.2) is 46.6 Å². The molecule has 106 valence electrons. The van der Waals surface area contributed by atoms with Gasteiger partial charge in [-0.3, -0.25) is 0 Å². The number of esters is 1. The fraction of sp³-hybridized carbons (Fsp3) is 0.312. The maximum absolute atomic E-state index is 11.8. The van der Waals surface area contributed by atoms with Crippen LogP contribution in [-0.4, -0.2) is 18.7 Å². The van der Waals surface area contributed by atoms with Gasteiger partial charge in [0.25, 0.3) is 0 Å². The van der Waals surface area contributed by atoms with Crippen LogP contribution in [0.2, 0.25) is 0 Å². The van der Waals surface area contributed by atoms with Crippen LogP contribution < -0.4 is 0 Å². The molecule has 1 aliphatic rings. The van der Waals surface area contributed by atoms with E-state index in [9.17, 15) is 4.79 Å². The minimum absolute atomic E-state index is 0.199. The number of carbonyl (C=O) groups excluding carboxylic acids is 1. The third-order valence-corrected chi connectivity index (χ3v) is 3.79. The van der Waals surface area contributed by atoms with E-state index >= 15 is 0 Å². The normalized spacial score (nSPS) is 17.9.